The quantitative estimate of drug-likeness (QED) is 0.300. The van der Waals surface area contributed by atoms with Crippen molar-refractivity contribution in [2.24, 2.45) is 7.05 Å². The van der Waals surface area contributed by atoms with Crippen LogP contribution < -0.4 is 10.2 Å². The number of anilines is 1. The molecule has 0 unspecified atom stereocenters. The van der Waals surface area contributed by atoms with E-state index in [-0.39, 0.29) is 25.5 Å². The third-order valence-electron chi connectivity index (χ3n) is 8.58. The number of halogens is 2. The van der Waals surface area contributed by atoms with E-state index in [1.807, 2.05) is 25.2 Å². The molecule has 1 N–H and O–H groups in total. The molecule has 2 aliphatic carbocycles. The summed E-state index contributed by atoms with van der Waals surface area (Å²) < 4.78 is 31.5. The zero-order chi connectivity index (χ0) is 29.0. The second-order valence-corrected chi connectivity index (χ2v) is 11.7. The molecule has 212 valence electrons. The standard InChI is InChI=1S/C32H29F2N7O/c1-40-18-37-39-30(40)24-9-19(14-35)3-6-23(24)22-12-28(21-4-5-21)38-29(13-22)41-16-26-25(31(41)42)10-20(11-27(26)33)15-36-17-32(34)7-2-8-32/h3,6,9-13,18,21,36H,2,4-5,7-8,15-17H2,1H3. The molecule has 3 heterocycles. The van der Waals surface area contributed by atoms with Crippen LogP contribution >= 0.6 is 0 Å². The minimum Gasteiger partial charge on any atom is -0.317 e. The molecule has 0 saturated heterocycles. The number of carbonyl (C=O) groups is 1. The Labute approximate surface area is 242 Å². The largest absolute Gasteiger partial charge is 0.317 e. The summed E-state index contributed by atoms with van der Waals surface area (Å²) in [7, 11) is 1.84. The molecule has 42 heavy (non-hydrogen) atoms. The molecule has 3 aliphatic rings. The van der Waals surface area contributed by atoms with Crippen LogP contribution in [0.5, 0.6) is 0 Å². The number of carbonyl (C=O) groups excluding carboxylic acids is 1. The minimum absolute atomic E-state index is 0.0748. The fourth-order valence-corrected chi connectivity index (χ4v) is 5.87. The van der Waals surface area contributed by atoms with Crippen LogP contribution in [0.25, 0.3) is 22.5 Å². The van der Waals surface area contributed by atoms with Gasteiger partial charge in [-0.3, -0.25) is 9.69 Å². The number of aryl methyl sites for hydroxylation is 1. The van der Waals surface area contributed by atoms with Crippen LogP contribution in [0.2, 0.25) is 0 Å². The molecular weight excluding hydrogens is 536 g/mol. The number of nitrogens with one attached hydrogen (secondary N) is 1. The molecule has 4 aromatic rings. The second kappa shape index (κ2) is 10.1. The van der Waals surface area contributed by atoms with Gasteiger partial charge >= 0.3 is 0 Å². The normalized spacial score (nSPS) is 17.2. The zero-order valence-corrected chi connectivity index (χ0v) is 23.2. The number of fused-ring (bicyclic) bond motifs is 1. The Hall–Kier alpha value is -4.49. The lowest BCUT2D eigenvalue weighted by molar-refractivity contribution is 0.0630. The number of benzene rings is 2. The third-order valence-corrected chi connectivity index (χ3v) is 8.58. The Morgan fingerprint density at radius 2 is 1.95 bits per heavy atom. The number of alkyl halides is 1. The van der Waals surface area contributed by atoms with Crippen molar-refractivity contribution in [3.63, 3.8) is 0 Å². The molecule has 0 atom stereocenters. The van der Waals surface area contributed by atoms with Crippen LogP contribution in [-0.2, 0) is 20.1 Å². The highest BCUT2D eigenvalue weighted by atomic mass is 19.1. The van der Waals surface area contributed by atoms with Gasteiger partial charge in [0.2, 0.25) is 0 Å². The van der Waals surface area contributed by atoms with E-state index in [2.05, 4.69) is 21.6 Å². The fraction of sp³-hybridized carbons (Fsp3) is 0.344. The van der Waals surface area contributed by atoms with Crippen LogP contribution in [0.1, 0.15) is 70.8 Å². The smallest absolute Gasteiger partial charge is 0.260 e. The van der Waals surface area contributed by atoms with Crippen LogP contribution in [0.3, 0.4) is 0 Å². The minimum atomic E-state index is -1.18. The van der Waals surface area contributed by atoms with Crippen molar-refractivity contribution in [2.75, 3.05) is 11.4 Å². The van der Waals surface area contributed by atoms with Gasteiger partial charge < -0.3 is 9.88 Å². The Balaban J connectivity index is 1.23. The van der Waals surface area contributed by atoms with Crippen LogP contribution in [0, 0.1) is 17.1 Å². The highest BCUT2D eigenvalue weighted by Gasteiger charge is 2.37. The summed E-state index contributed by atoms with van der Waals surface area (Å²) in [5, 5.41) is 20.9. The van der Waals surface area contributed by atoms with E-state index in [0.717, 1.165) is 41.6 Å². The summed E-state index contributed by atoms with van der Waals surface area (Å²) >= 11 is 0. The summed E-state index contributed by atoms with van der Waals surface area (Å²) in [5.74, 6) is 0.592. The fourth-order valence-electron chi connectivity index (χ4n) is 5.87. The van der Waals surface area contributed by atoms with Crippen LogP contribution in [-0.4, -0.2) is 37.9 Å². The van der Waals surface area contributed by atoms with E-state index in [4.69, 9.17) is 4.98 Å². The highest BCUT2D eigenvalue weighted by Crippen LogP contribution is 2.43. The first-order valence-corrected chi connectivity index (χ1v) is 14.3. The molecule has 2 aromatic carbocycles. The number of nitriles is 1. The molecule has 2 saturated carbocycles. The van der Waals surface area contributed by atoms with Gasteiger partial charge in [0.1, 0.15) is 23.6 Å². The summed E-state index contributed by atoms with van der Waals surface area (Å²) in [4.78, 5) is 20.1. The maximum Gasteiger partial charge on any atom is 0.260 e. The molecule has 1 aliphatic heterocycles. The molecule has 8 nitrogen and oxygen atoms in total. The lowest BCUT2D eigenvalue weighted by Crippen LogP contribution is -2.42. The van der Waals surface area contributed by atoms with E-state index < -0.39 is 11.5 Å². The number of amides is 1. The van der Waals surface area contributed by atoms with E-state index in [1.165, 1.54) is 11.0 Å². The van der Waals surface area contributed by atoms with Crippen molar-refractivity contribution >= 4 is 11.7 Å². The predicted molar refractivity (Wildman–Crippen MR) is 153 cm³/mol. The monoisotopic (exact) mass is 565 g/mol. The SMILES string of the molecule is Cn1cnnc1-c1cc(C#N)ccc1-c1cc(C2CC2)nc(N2Cc3c(F)cc(CNCC4(F)CCC4)cc3C2=O)c1. The Morgan fingerprint density at radius 1 is 1.12 bits per heavy atom. The van der Waals surface area contributed by atoms with Gasteiger partial charge in [0.25, 0.3) is 5.91 Å². The molecular formula is C32H29F2N7O. The van der Waals surface area contributed by atoms with E-state index in [0.29, 0.717) is 52.7 Å². The summed E-state index contributed by atoms with van der Waals surface area (Å²) in [6.45, 7) is 0.579. The Bertz CT molecular complexity index is 1770. The molecule has 0 bridgehead atoms. The van der Waals surface area contributed by atoms with Gasteiger partial charge in [-0.25, -0.2) is 13.8 Å². The number of hydrogen-bond donors (Lipinski definition) is 1. The van der Waals surface area contributed by atoms with Crippen molar-refractivity contribution < 1.29 is 13.6 Å². The third kappa shape index (κ3) is 4.73. The first-order valence-electron chi connectivity index (χ1n) is 14.3. The Morgan fingerprint density at radius 3 is 2.64 bits per heavy atom. The molecule has 7 rings (SSSR count). The van der Waals surface area contributed by atoms with Gasteiger partial charge in [-0.1, -0.05) is 6.07 Å². The first-order chi connectivity index (χ1) is 20.3. The van der Waals surface area contributed by atoms with E-state index in [1.54, 1.807) is 29.1 Å². The zero-order valence-electron chi connectivity index (χ0n) is 23.2. The van der Waals surface area contributed by atoms with Gasteiger partial charge in [0, 0.05) is 48.4 Å². The average Bonchev–Trinajstić information content (AvgIpc) is 3.66. The lowest BCUT2D eigenvalue weighted by atomic mass is 9.82. The van der Waals surface area contributed by atoms with Crippen molar-refractivity contribution in [3.05, 3.63) is 82.6 Å². The molecule has 1 amide bonds. The van der Waals surface area contributed by atoms with Gasteiger partial charge in [0.15, 0.2) is 5.82 Å². The number of nitrogens with zero attached hydrogens (tertiary/aromatic N) is 6. The second-order valence-electron chi connectivity index (χ2n) is 11.7. The molecule has 2 aromatic heterocycles. The van der Waals surface area contributed by atoms with Crippen LogP contribution in [0.4, 0.5) is 14.6 Å². The van der Waals surface area contributed by atoms with Gasteiger partial charge in [-0.15, -0.1) is 10.2 Å². The highest BCUT2D eigenvalue weighted by molar-refractivity contribution is 6.10. The first kappa shape index (κ1) is 26.4. The van der Waals surface area contributed by atoms with E-state index >= 15 is 4.39 Å². The number of rotatable bonds is 8. The molecule has 10 heteroatoms. The van der Waals surface area contributed by atoms with Gasteiger partial charge in [-0.2, -0.15) is 5.26 Å². The van der Waals surface area contributed by atoms with E-state index in [9.17, 15) is 14.4 Å². The van der Waals surface area contributed by atoms with Crippen molar-refractivity contribution in [3.8, 4) is 28.6 Å². The average molecular weight is 566 g/mol. The van der Waals surface area contributed by atoms with Gasteiger partial charge in [0.05, 0.1) is 18.2 Å². The Kier molecular flexibility index (Phi) is 6.35. The molecule has 0 spiro atoms. The molecule has 0 radical (unpaired) electrons. The van der Waals surface area contributed by atoms with Gasteiger partial charge in [-0.05, 0) is 85.2 Å². The lowest BCUT2D eigenvalue weighted by Gasteiger charge is -2.33. The maximum absolute atomic E-state index is 15.3. The van der Waals surface area contributed by atoms with Crippen molar-refractivity contribution in [2.45, 2.75) is 56.8 Å². The number of aromatic nitrogens is 4. The maximum atomic E-state index is 15.3. The molecule has 2 fully saturated rings. The number of hydrogen-bond acceptors (Lipinski definition) is 6. The predicted octanol–water partition coefficient (Wildman–Crippen LogP) is 5.57. The van der Waals surface area contributed by atoms with Crippen molar-refractivity contribution in [1.82, 2.24) is 25.1 Å². The summed E-state index contributed by atoms with van der Waals surface area (Å²) in [6.07, 6.45) is 5.61. The topological polar surface area (TPSA) is 99.7 Å². The summed E-state index contributed by atoms with van der Waals surface area (Å²) in [5.41, 5.74) is 3.84. The van der Waals surface area contributed by atoms with Crippen molar-refractivity contribution in [1.29, 1.82) is 5.26 Å². The summed E-state index contributed by atoms with van der Waals surface area (Å²) in [6, 6.07) is 14.6. The number of pyridine rings is 1. The van der Waals surface area contributed by atoms with Crippen LogP contribution in [0.15, 0.2) is 48.8 Å².